The maximum atomic E-state index is 6.09. The first kappa shape index (κ1) is 14.9. The van der Waals surface area contributed by atoms with Gasteiger partial charge in [-0.3, -0.25) is 4.90 Å². The third-order valence-electron chi connectivity index (χ3n) is 3.50. The van der Waals surface area contributed by atoms with Crippen LogP contribution in [-0.4, -0.2) is 49.3 Å². The fourth-order valence-corrected chi connectivity index (χ4v) is 2.48. The van der Waals surface area contributed by atoms with E-state index in [4.69, 9.17) is 4.74 Å². The maximum Gasteiger partial charge on any atom is 0.0707 e. The molecule has 102 valence electrons. The van der Waals surface area contributed by atoms with Gasteiger partial charge in [0.25, 0.3) is 0 Å². The summed E-state index contributed by atoms with van der Waals surface area (Å²) in [7, 11) is 0. The Bertz CT molecular complexity index is 197. The van der Waals surface area contributed by atoms with Gasteiger partial charge in [-0.25, -0.2) is 0 Å². The van der Waals surface area contributed by atoms with E-state index in [0.717, 1.165) is 19.6 Å². The standard InChI is InChI=1S/C14H30N2O/c1-5-9-16(12(3)4)11-14-8-7-13(17-14)10-15-6-2/h12-15H,5-11H2,1-4H3. The van der Waals surface area contributed by atoms with Gasteiger partial charge < -0.3 is 10.1 Å². The Kier molecular flexibility index (Phi) is 7.09. The normalized spacial score (nSPS) is 25.1. The average molecular weight is 242 g/mol. The lowest BCUT2D eigenvalue weighted by Gasteiger charge is -2.28. The van der Waals surface area contributed by atoms with Crippen molar-refractivity contribution < 1.29 is 4.74 Å². The van der Waals surface area contributed by atoms with Crippen LogP contribution in [0.15, 0.2) is 0 Å². The summed E-state index contributed by atoms with van der Waals surface area (Å²) in [5, 5.41) is 3.37. The van der Waals surface area contributed by atoms with Crippen LogP contribution >= 0.6 is 0 Å². The van der Waals surface area contributed by atoms with Crippen LogP contribution in [0.3, 0.4) is 0 Å². The van der Waals surface area contributed by atoms with Gasteiger partial charge in [0.15, 0.2) is 0 Å². The van der Waals surface area contributed by atoms with Crippen molar-refractivity contribution in [3.05, 3.63) is 0 Å². The van der Waals surface area contributed by atoms with E-state index in [1.54, 1.807) is 0 Å². The first-order valence-corrected chi connectivity index (χ1v) is 7.27. The first-order valence-electron chi connectivity index (χ1n) is 7.27. The Balaban J connectivity index is 2.27. The molecule has 3 nitrogen and oxygen atoms in total. The molecule has 0 amide bonds. The van der Waals surface area contributed by atoms with Crippen molar-refractivity contribution in [3.63, 3.8) is 0 Å². The molecule has 2 unspecified atom stereocenters. The van der Waals surface area contributed by atoms with Gasteiger partial charge in [0.05, 0.1) is 12.2 Å². The van der Waals surface area contributed by atoms with Gasteiger partial charge >= 0.3 is 0 Å². The quantitative estimate of drug-likeness (QED) is 0.706. The number of ether oxygens (including phenoxy) is 1. The Morgan fingerprint density at radius 3 is 2.53 bits per heavy atom. The van der Waals surface area contributed by atoms with Gasteiger partial charge in [-0.05, 0) is 46.2 Å². The lowest BCUT2D eigenvalue weighted by atomic mass is 10.1. The second-order valence-corrected chi connectivity index (χ2v) is 5.35. The lowest BCUT2D eigenvalue weighted by molar-refractivity contribution is 0.0175. The monoisotopic (exact) mass is 242 g/mol. The molecule has 3 heteroatoms. The van der Waals surface area contributed by atoms with Gasteiger partial charge in [-0.15, -0.1) is 0 Å². The molecule has 1 heterocycles. The molecule has 2 atom stereocenters. The van der Waals surface area contributed by atoms with Crippen LogP contribution in [-0.2, 0) is 4.74 Å². The number of rotatable bonds is 8. The molecule has 0 saturated carbocycles. The van der Waals surface area contributed by atoms with Crippen LogP contribution in [0.5, 0.6) is 0 Å². The molecule has 0 aromatic rings. The molecular formula is C14H30N2O. The number of nitrogens with zero attached hydrogens (tertiary/aromatic N) is 1. The second-order valence-electron chi connectivity index (χ2n) is 5.35. The summed E-state index contributed by atoms with van der Waals surface area (Å²) >= 11 is 0. The zero-order valence-corrected chi connectivity index (χ0v) is 12.0. The molecule has 0 aliphatic carbocycles. The van der Waals surface area contributed by atoms with Crippen molar-refractivity contribution in [2.45, 2.75) is 65.2 Å². The van der Waals surface area contributed by atoms with Gasteiger partial charge in [-0.1, -0.05) is 13.8 Å². The van der Waals surface area contributed by atoms with E-state index in [9.17, 15) is 0 Å². The van der Waals surface area contributed by atoms with Gasteiger partial charge in [-0.2, -0.15) is 0 Å². The van der Waals surface area contributed by atoms with Crippen LogP contribution in [0.25, 0.3) is 0 Å². The first-order chi connectivity index (χ1) is 8.17. The number of likely N-dealkylation sites (N-methyl/N-ethyl adjacent to an activating group) is 1. The number of hydrogen-bond donors (Lipinski definition) is 1. The van der Waals surface area contributed by atoms with E-state index < -0.39 is 0 Å². The summed E-state index contributed by atoms with van der Waals surface area (Å²) < 4.78 is 6.09. The zero-order valence-electron chi connectivity index (χ0n) is 12.0. The molecule has 1 aliphatic rings. The molecule has 1 N–H and O–H groups in total. The smallest absolute Gasteiger partial charge is 0.0707 e. The summed E-state index contributed by atoms with van der Waals surface area (Å²) in [6.07, 6.45) is 4.56. The average Bonchev–Trinajstić information content (AvgIpc) is 2.73. The largest absolute Gasteiger partial charge is 0.372 e. The lowest BCUT2D eigenvalue weighted by Crippen LogP contribution is -2.38. The summed E-state index contributed by atoms with van der Waals surface area (Å²) in [6, 6.07) is 0.631. The topological polar surface area (TPSA) is 24.5 Å². The van der Waals surface area contributed by atoms with Crippen LogP contribution < -0.4 is 5.32 Å². The fraction of sp³-hybridized carbons (Fsp3) is 1.00. The molecule has 0 aromatic carbocycles. The minimum absolute atomic E-state index is 0.440. The molecule has 0 aromatic heterocycles. The minimum atomic E-state index is 0.440. The second kappa shape index (κ2) is 8.06. The predicted octanol–water partition coefficient (Wildman–Crippen LogP) is 2.26. The van der Waals surface area contributed by atoms with Crippen molar-refractivity contribution in [2.24, 2.45) is 0 Å². The molecule has 17 heavy (non-hydrogen) atoms. The van der Waals surface area contributed by atoms with Crippen LogP contribution in [0.1, 0.15) is 47.0 Å². The number of hydrogen-bond acceptors (Lipinski definition) is 3. The van der Waals surface area contributed by atoms with Crippen molar-refractivity contribution in [1.29, 1.82) is 0 Å². The Morgan fingerprint density at radius 2 is 1.94 bits per heavy atom. The van der Waals surface area contributed by atoms with E-state index in [0.29, 0.717) is 18.2 Å². The van der Waals surface area contributed by atoms with Gasteiger partial charge in [0.2, 0.25) is 0 Å². The predicted molar refractivity (Wildman–Crippen MR) is 73.4 cm³/mol. The maximum absolute atomic E-state index is 6.09. The summed E-state index contributed by atoms with van der Waals surface area (Å²) in [4.78, 5) is 2.54. The summed E-state index contributed by atoms with van der Waals surface area (Å²) in [5.74, 6) is 0. The fourth-order valence-electron chi connectivity index (χ4n) is 2.48. The molecule has 1 saturated heterocycles. The SMILES string of the molecule is CCCN(CC1CCC(CNCC)O1)C(C)C. The molecule has 1 rings (SSSR count). The molecular weight excluding hydrogens is 212 g/mol. The highest BCUT2D eigenvalue weighted by Crippen LogP contribution is 2.20. The third kappa shape index (κ3) is 5.36. The Labute approximate surface area is 107 Å². The number of nitrogens with one attached hydrogen (secondary N) is 1. The van der Waals surface area contributed by atoms with Crippen molar-refractivity contribution in [3.8, 4) is 0 Å². The summed E-state index contributed by atoms with van der Waals surface area (Å²) in [6.45, 7) is 13.3. The minimum Gasteiger partial charge on any atom is -0.372 e. The Hall–Kier alpha value is -0.120. The highest BCUT2D eigenvalue weighted by Gasteiger charge is 2.26. The van der Waals surface area contributed by atoms with Crippen LogP contribution in [0, 0.1) is 0 Å². The van der Waals surface area contributed by atoms with Gasteiger partial charge in [0.1, 0.15) is 0 Å². The van der Waals surface area contributed by atoms with Crippen molar-refractivity contribution in [2.75, 3.05) is 26.2 Å². The highest BCUT2D eigenvalue weighted by atomic mass is 16.5. The van der Waals surface area contributed by atoms with Crippen LogP contribution in [0.4, 0.5) is 0 Å². The Morgan fingerprint density at radius 1 is 1.24 bits per heavy atom. The van der Waals surface area contributed by atoms with Gasteiger partial charge in [0, 0.05) is 19.1 Å². The van der Waals surface area contributed by atoms with Crippen molar-refractivity contribution >= 4 is 0 Å². The molecule has 0 spiro atoms. The molecule has 1 aliphatic heterocycles. The molecule has 1 fully saturated rings. The highest BCUT2D eigenvalue weighted by molar-refractivity contribution is 4.78. The van der Waals surface area contributed by atoms with E-state index in [-0.39, 0.29) is 0 Å². The molecule has 0 bridgehead atoms. The van der Waals surface area contributed by atoms with Crippen LogP contribution in [0.2, 0.25) is 0 Å². The van der Waals surface area contributed by atoms with E-state index in [1.165, 1.54) is 25.8 Å². The van der Waals surface area contributed by atoms with Crippen molar-refractivity contribution in [1.82, 2.24) is 10.2 Å². The third-order valence-corrected chi connectivity index (χ3v) is 3.50. The van der Waals surface area contributed by atoms with E-state index >= 15 is 0 Å². The van der Waals surface area contributed by atoms with E-state index in [1.807, 2.05) is 0 Å². The van der Waals surface area contributed by atoms with E-state index in [2.05, 4.69) is 37.9 Å². The molecule has 0 radical (unpaired) electrons. The zero-order chi connectivity index (χ0) is 12.7. The summed E-state index contributed by atoms with van der Waals surface area (Å²) in [5.41, 5.74) is 0.